The highest BCUT2D eigenvalue weighted by atomic mass is 16.3. The van der Waals surface area contributed by atoms with E-state index in [0.29, 0.717) is 0 Å². The van der Waals surface area contributed by atoms with Crippen molar-refractivity contribution in [2.24, 2.45) is 0 Å². The van der Waals surface area contributed by atoms with Gasteiger partial charge in [0.2, 0.25) is 0 Å². The lowest BCUT2D eigenvalue weighted by Gasteiger charge is -2.18. The van der Waals surface area contributed by atoms with Crippen molar-refractivity contribution in [3.63, 3.8) is 0 Å². The van der Waals surface area contributed by atoms with E-state index in [2.05, 4.69) is 146 Å². The van der Waals surface area contributed by atoms with E-state index in [9.17, 15) is 0 Å². The molecule has 0 bridgehead atoms. The van der Waals surface area contributed by atoms with Crippen LogP contribution in [0.2, 0.25) is 0 Å². The first kappa shape index (κ1) is 24.0. The molecule has 0 aliphatic rings. The van der Waals surface area contributed by atoms with Crippen LogP contribution in [0.4, 0.5) is 0 Å². The van der Waals surface area contributed by atoms with Gasteiger partial charge in [-0.05, 0) is 90.0 Å². The molecule has 9 aromatic rings. The number of rotatable bonds is 3. The lowest BCUT2D eigenvalue weighted by Crippen LogP contribution is -1.91. The molecule has 1 nitrogen and oxygen atoms in total. The minimum absolute atomic E-state index is 0.930. The van der Waals surface area contributed by atoms with Crippen LogP contribution in [0.1, 0.15) is 0 Å². The van der Waals surface area contributed by atoms with Crippen LogP contribution < -0.4 is 0 Å². The molecule has 0 unspecified atom stereocenters. The molecule has 43 heavy (non-hydrogen) atoms. The summed E-state index contributed by atoms with van der Waals surface area (Å²) >= 11 is 0. The van der Waals surface area contributed by atoms with Crippen molar-refractivity contribution in [2.75, 3.05) is 0 Å². The molecule has 0 N–H and O–H groups in total. The molecule has 0 aliphatic heterocycles. The molecule has 0 fully saturated rings. The summed E-state index contributed by atoms with van der Waals surface area (Å²) in [5.74, 6) is 0. The Morgan fingerprint density at radius 3 is 1.58 bits per heavy atom. The summed E-state index contributed by atoms with van der Waals surface area (Å²) in [5, 5.41) is 9.86. The maximum atomic E-state index is 6.15. The minimum Gasteiger partial charge on any atom is -0.456 e. The van der Waals surface area contributed by atoms with E-state index in [4.69, 9.17) is 4.42 Å². The second kappa shape index (κ2) is 9.44. The van der Waals surface area contributed by atoms with Crippen LogP contribution in [0.15, 0.2) is 162 Å². The van der Waals surface area contributed by atoms with Crippen LogP contribution in [0.5, 0.6) is 0 Å². The predicted octanol–water partition coefficient (Wildman–Crippen LogP) is 12.0. The molecule has 0 saturated carbocycles. The Bertz CT molecular complexity index is 2440. The topological polar surface area (TPSA) is 13.1 Å². The molecule has 1 heterocycles. The number of fused-ring (bicyclic) bond motifs is 7. The van der Waals surface area contributed by atoms with E-state index >= 15 is 0 Å². The molecule has 0 radical (unpaired) electrons. The van der Waals surface area contributed by atoms with Crippen LogP contribution in [-0.4, -0.2) is 0 Å². The van der Waals surface area contributed by atoms with E-state index in [1.54, 1.807) is 0 Å². The first-order valence-electron chi connectivity index (χ1n) is 14.8. The van der Waals surface area contributed by atoms with Gasteiger partial charge in [-0.15, -0.1) is 0 Å². The van der Waals surface area contributed by atoms with Crippen LogP contribution in [0, 0.1) is 0 Å². The SMILES string of the molecule is c1ccc(-c2c3ccccc3c(-c3cccc(-c4ccc5c(ccc6oc7ccccc7c65)c4)c3)c3ccccc23)cc1. The van der Waals surface area contributed by atoms with Gasteiger partial charge in [0.25, 0.3) is 0 Å². The second-order valence-corrected chi connectivity index (χ2v) is 11.3. The van der Waals surface area contributed by atoms with E-state index in [1.165, 1.54) is 71.1 Å². The molecule has 1 heteroatoms. The summed E-state index contributed by atoms with van der Waals surface area (Å²) in [7, 11) is 0. The van der Waals surface area contributed by atoms with Crippen LogP contribution >= 0.6 is 0 Å². The minimum atomic E-state index is 0.930. The lowest BCUT2D eigenvalue weighted by atomic mass is 9.85. The van der Waals surface area contributed by atoms with Crippen LogP contribution in [0.3, 0.4) is 0 Å². The molecule has 9 rings (SSSR count). The number of hydrogen-bond donors (Lipinski definition) is 0. The van der Waals surface area contributed by atoms with Crippen molar-refractivity contribution in [2.45, 2.75) is 0 Å². The predicted molar refractivity (Wildman–Crippen MR) is 183 cm³/mol. The Hall–Kier alpha value is -5.66. The Balaban J connectivity index is 1.26. The maximum absolute atomic E-state index is 6.15. The van der Waals surface area contributed by atoms with Crippen molar-refractivity contribution < 1.29 is 4.42 Å². The summed E-state index contributed by atoms with van der Waals surface area (Å²) in [4.78, 5) is 0. The van der Waals surface area contributed by atoms with Crippen LogP contribution in [-0.2, 0) is 0 Å². The van der Waals surface area contributed by atoms with Gasteiger partial charge >= 0.3 is 0 Å². The number of hydrogen-bond acceptors (Lipinski definition) is 1. The van der Waals surface area contributed by atoms with Crippen molar-refractivity contribution in [3.05, 3.63) is 158 Å². The van der Waals surface area contributed by atoms with Gasteiger partial charge in [-0.3, -0.25) is 0 Å². The van der Waals surface area contributed by atoms with E-state index in [1.807, 2.05) is 12.1 Å². The fourth-order valence-electron chi connectivity index (χ4n) is 6.94. The van der Waals surface area contributed by atoms with E-state index in [0.717, 1.165) is 16.6 Å². The van der Waals surface area contributed by atoms with Gasteiger partial charge in [-0.1, -0.05) is 133 Å². The highest BCUT2D eigenvalue weighted by Crippen LogP contribution is 2.44. The highest BCUT2D eigenvalue weighted by Gasteiger charge is 2.17. The molecular formula is C42H26O. The number of furan rings is 1. The Kier molecular flexibility index (Phi) is 5.27. The molecule has 1 aromatic heterocycles. The fraction of sp³-hybridized carbons (Fsp3) is 0. The largest absolute Gasteiger partial charge is 0.456 e. The van der Waals surface area contributed by atoms with Gasteiger partial charge < -0.3 is 4.42 Å². The summed E-state index contributed by atoms with van der Waals surface area (Å²) in [5.41, 5.74) is 9.31. The average molecular weight is 547 g/mol. The second-order valence-electron chi connectivity index (χ2n) is 11.3. The zero-order valence-corrected chi connectivity index (χ0v) is 23.4. The Labute approximate surface area is 249 Å². The third-order valence-corrected chi connectivity index (χ3v) is 8.84. The van der Waals surface area contributed by atoms with Crippen molar-refractivity contribution in [3.8, 4) is 33.4 Å². The molecule has 200 valence electrons. The Morgan fingerprint density at radius 1 is 0.302 bits per heavy atom. The smallest absolute Gasteiger partial charge is 0.136 e. The number of benzene rings is 8. The first-order chi connectivity index (χ1) is 21.3. The van der Waals surface area contributed by atoms with Crippen molar-refractivity contribution in [1.82, 2.24) is 0 Å². The van der Waals surface area contributed by atoms with Gasteiger partial charge in [0.1, 0.15) is 11.2 Å². The van der Waals surface area contributed by atoms with E-state index in [-0.39, 0.29) is 0 Å². The quantitative estimate of drug-likeness (QED) is 0.201. The Morgan fingerprint density at radius 2 is 0.860 bits per heavy atom. The molecule has 0 aliphatic carbocycles. The summed E-state index contributed by atoms with van der Waals surface area (Å²) in [6.07, 6.45) is 0. The van der Waals surface area contributed by atoms with Gasteiger partial charge in [0.15, 0.2) is 0 Å². The zero-order chi connectivity index (χ0) is 28.3. The third-order valence-electron chi connectivity index (χ3n) is 8.84. The van der Waals surface area contributed by atoms with Crippen molar-refractivity contribution >= 4 is 54.3 Å². The summed E-state index contributed by atoms with van der Waals surface area (Å²) in [6.45, 7) is 0. The molecule has 8 aromatic carbocycles. The normalized spacial score (nSPS) is 11.7. The molecule has 0 atom stereocenters. The van der Waals surface area contributed by atoms with Gasteiger partial charge in [-0.25, -0.2) is 0 Å². The molecule has 0 spiro atoms. The molecular weight excluding hydrogens is 520 g/mol. The fourth-order valence-corrected chi connectivity index (χ4v) is 6.94. The summed E-state index contributed by atoms with van der Waals surface area (Å²) in [6, 6.07) is 56.9. The first-order valence-corrected chi connectivity index (χ1v) is 14.8. The standard InChI is InChI=1S/C42H26O/c1-2-11-27(12-3-1)40-33-15-4-6-17-35(33)41(36-18-7-5-16-34(36)40)31-14-10-13-28(26-31)29-21-23-32-30(25-29)22-24-39-42(32)37-19-8-9-20-38(37)43-39/h1-26H. The van der Waals surface area contributed by atoms with Gasteiger partial charge in [-0.2, -0.15) is 0 Å². The number of para-hydroxylation sites is 1. The van der Waals surface area contributed by atoms with Crippen molar-refractivity contribution in [1.29, 1.82) is 0 Å². The van der Waals surface area contributed by atoms with Crippen LogP contribution in [0.25, 0.3) is 87.6 Å². The molecule has 0 amide bonds. The van der Waals surface area contributed by atoms with Gasteiger partial charge in [0.05, 0.1) is 0 Å². The lowest BCUT2D eigenvalue weighted by molar-refractivity contribution is 0.669. The average Bonchev–Trinajstić information content (AvgIpc) is 3.46. The maximum Gasteiger partial charge on any atom is 0.136 e. The van der Waals surface area contributed by atoms with Gasteiger partial charge in [0, 0.05) is 10.8 Å². The highest BCUT2D eigenvalue weighted by molar-refractivity contribution is 6.22. The monoisotopic (exact) mass is 546 g/mol. The zero-order valence-electron chi connectivity index (χ0n) is 23.4. The summed E-state index contributed by atoms with van der Waals surface area (Å²) < 4.78 is 6.15. The van der Waals surface area contributed by atoms with E-state index < -0.39 is 0 Å². The molecule has 0 saturated heterocycles. The third kappa shape index (κ3) is 3.72.